The fourth-order valence-electron chi connectivity index (χ4n) is 3.00. The number of ether oxygens (including phenoxy) is 1. The third-order valence-corrected chi connectivity index (χ3v) is 4.96. The number of primary amides is 1. The maximum absolute atomic E-state index is 12.5. The number of nitrogens with zero attached hydrogens (tertiary/aromatic N) is 3. The average molecular weight is 442 g/mol. The summed E-state index contributed by atoms with van der Waals surface area (Å²) in [4.78, 5) is 40.7. The number of aromatic nitrogens is 3. The quantitative estimate of drug-likeness (QED) is 0.532. The van der Waals surface area contributed by atoms with Crippen LogP contribution in [0.2, 0.25) is 5.15 Å². The first-order valence-corrected chi connectivity index (χ1v) is 9.60. The van der Waals surface area contributed by atoms with E-state index in [1.807, 2.05) is 0 Å². The lowest BCUT2D eigenvalue weighted by atomic mass is 10.0. The minimum absolute atomic E-state index is 0.0282. The molecule has 3 rings (SSSR count). The van der Waals surface area contributed by atoms with Gasteiger partial charge in [-0.05, 0) is 23.3 Å². The smallest absolute Gasteiger partial charge is 0.278 e. The number of halogens is 1. The summed E-state index contributed by atoms with van der Waals surface area (Å²) in [6.07, 6.45) is 3.08. The largest absolute Gasteiger partial charge is 0.494 e. The van der Waals surface area contributed by atoms with Crippen LogP contribution in [-0.2, 0) is 18.3 Å². The van der Waals surface area contributed by atoms with Gasteiger partial charge in [-0.15, -0.1) is 0 Å². The van der Waals surface area contributed by atoms with Gasteiger partial charge < -0.3 is 15.8 Å². The van der Waals surface area contributed by atoms with E-state index < -0.39 is 17.9 Å². The fraction of sp³-hybridized carbons (Fsp3) is 0.190. The summed E-state index contributed by atoms with van der Waals surface area (Å²) in [6.45, 7) is 0. The van der Waals surface area contributed by atoms with E-state index in [0.717, 1.165) is 5.56 Å². The van der Waals surface area contributed by atoms with Gasteiger partial charge in [0.1, 0.15) is 11.2 Å². The van der Waals surface area contributed by atoms with Gasteiger partial charge >= 0.3 is 0 Å². The number of rotatable bonds is 7. The van der Waals surface area contributed by atoms with Crippen LogP contribution in [0.3, 0.4) is 0 Å². The van der Waals surface area contributed by atoms with Gasteiger partial charge in [-0.2, -0.15) is 5.10 Å². The predicted octanol–water partition coefficient (Wildman–Crippen LogP) is 1.33. The predicted molar refractivity (Wildman–Crippen MR) is 115 cm³/mol. The van der Waals surface area contributed by atoms with Crippen molar-refractivity contribution >= 4 is 23.4 Å². The van der Waals surface area contributed by atoms with Gasteiger partial charge in [0.05, 0.1) is 24.4 Å². The van der Waals surface area contributed by atoms with E-state index in [4.69, 9.17) is 22.1 Å². The molecule has 2 heterocycles. The number of nitrogens with two attached hydrogens (primary N) is 1. The second kappa shape index (κ2) is 9.40. The highest BCUT2D eigenvalue weighted by atomic mass is 35.5. The topological polar surface area (TPSA) is 129 Å². The summed E-state index contributed by atoms with van der Waals surface area (Å²) >= 11 is 5.94. The second-order valence-electron chi connectivity index (χ2n) is 6.69. The minimum Gasteiger partial charge on any atom is -0.494 e. The highest BCUT2D eigenvalue weighted by Crippen LogP contribution is 2.25. The first-order valence-electron chi connectivity index (χ1n) is 9.22. The van der Waals surface area contributed by atoms with Crippen molar-refractivity contribution < 1.29 is 14.3 Å². The van der Waals surface area contributed by atoms with Gasteiger partial charge in [0.15, 0.2) is 5.75 Å². The van der Waals surface area contributed by atoms with Crippen LogP contribution in [0.5, 0.6) is 5.75 Å². The minimum atomic E-state index is -0.960. The molecule has 3 N–H and O–H groups in total. The van der Waals surface area contributed by atoms with Gasteiger partial charge in [0, 0.05) is 19.7 Å². The van der Waals surface area contributed by atoms with Gasteiger partial charge in [-0.25, -0.2) is 9.67 Å². The Hall–Kier alpha value is -3.72. The van der Waals surface area contributed by atoms with Crippen LogP contribution in [-0.4, -0.2) is 39.7 Å². The van der Waals surface area contributed by atoms with Crippen molar-refractivity contribution in [3.8, 4) is 16.9 Å². The van der Waals surface area contributed by atoms with Crippen LogP contribution >= 0.6 is 11.6 Å². The van der Waals surface area contributed by atoms with Crippen molar-refractivity contribution in [1.82, 2.24) is 20.1 Å². The number of nitrogens with one attached hydrogen (secondary N) is 1. The van der Waals surface area contributed by atoms with Crippen molar-refractivity contribution in [3.05, 3.63) is 75.4 Å². The summed E-state index contributed by atoms with van der Waals surface area (Å²) in [6, 6.07) is 9.05. The van der Waals surface area contributed by atoms with E-state index in [1.165, 1.54) is 30.3 Å². The lowest BCUT2D eigenvalue weighted by molar-refractivity contribution is -0.119. The SMILES string of the molecule is COc1cnn(C)c(=O)c1-c1ccc(C[C@H](NC(=O)c2cccnc2Cl)C(N)=O)cc1. The molecule has 1 aromatic carbocycles. The van der Waals surface area contributed by atoms with Gasteiger partial charge in [-0.3, -0.25) is 14.4 Å². The molecule has 31 heavy (non-hydrogen) atoms. The molecule has 0 aliphatic carbocycles. The molecule has 160 valence electrons. The molecule has 1 atom stereocenters. The van der Waals surface area contributed by atoms with Crippen LogP contribution in [0, 0.1) is 0 Å². The number of carbonyl (C=O) groups excluding carboxylic acids is 2. The molecule has 0 aliphatic rings. The number of benzene rings is 1. The zero-order chi connectivity index (χ0) is 22.5. The first kappa shape index (κ1) is 22.0. The van der Waals surface area contributed by atoms with E-state index in [9.17, 15) is 14.4 Å². The van der Waals surface area contributed by atoms with Crippen LogP contribution in [0.15, 0.2) is 53.6 Å². The normalized spacial score (nSPS) is 11.6. The Morgan fingerprint density at radius 1 is 1.26 bits per heavy atom. The molecule has 10 heteroatoms. The van der Waals surface area contributed by atoms with Gasteiger partial charge in [0.2, 0.25) is 5.91 Å². The summed E-state index contributed by atoms with van der Waals surface area (Å²) < 4.78 is 6.47. The maximum atomic E-state index is 12.5. The van der Waals surface area contributed by atoms with E-state index in [1.54, 1.807) is 37.4 Å². The summed E-state index contributed by atoms with van der Waals surface area (Å²) in [7, 11) is 3.01. The van der Waals surface area contributed by atoms with Crippen molar-refractivity contribution in [2.75, 3.05) is 7.11 Å². The molecule has 9 nitrogen and oxygen atoms in total. The molecule has 0 radical (unpaired) electrons. The molecular formula is C21H20ClN5O4. The first-order chi connectivity index (χ1) is 14.8. The molecule has 2 amide bonds. The van der Waals surface area contributed by atoms with Crippen LogP contribution in [0.25, 0.3) is 11.1 Å². The number of amides is 2. The molecule has 0 spiro atoms. The lowest BCUT2D eigenvalue weighted by Crippen LogP contribution is -2.46. The summed E-state index contributed by atoms with van der Waals surface area (Å²) in [5.74, 6) is -0.892. The molecule has 0 unspecified atom stereocenters. The van der Waals surface area contributed by atoms with Gasteiger partial charge in [-0.1, -0.05) is 35.9 Å². The molecule has 3 aromatic rings. The van der Waals surface area contributed by atoms with Crippen molar-refractivity contribution in [2.24, 2.45) is 12.8 Å². The van der Waals surface area contributed by atoms with E-state index in [2.05, 4.69) is 15.4 Å². The Balaban J connectivity index is 1.81. The van der Waals surface area contributed by atoms with Crippen LogP contribution < -0.4 is 21.3 Å². The van der Waals surface area contributed by atoms with Crippen molar-refractivity contribution in [2.45, 2.75) is 12.5 Å². The Bertz CT molecular complexity index is 1180. The average Bonchev–Trinajstić information content (AvgIpc) is 2.76. The fourth-order valence-corrected chi connectivity index (χ4v) is 3.21. The Morgan fingerprint density at radius 3 is 2.58 bits per heavy atom. The molecule has 0 bridgehead atoms. The number of pyridine rings is 1. The third-order valence-electron chi connectivity index (χ3n) is 4.66. The summed E-state index contributed by atoms with van der Waals surface area (Å²) in [5, 5.41) is 6.56. The zero-order valence-corrected chi connectivity index (χ0v) is 17.6. The monoisotopic (exact) mass is 441 g/mol. The van der Waals surface area contributed by atoms with Crippen molar-refractivity contribution in [3.63, 3.8) is 0 Å². The van der Waals surface area contributed by atoms with E-state index in [-0.39, 0.29) is 22.7 Å². The molecule has 2 aromatic heterocycles. The van der Waals surface area contributed by atoms with E-state index >= 15 is 0 Å². The number of aryl methyl sites for hydroxylation is 1. The van der Waals surface area contributed by atoms with Crippen LogP contribution in [0.1, 0.15) is 15.9 Å². The van der Waals surface area contributed by atoms with Gasteiger partial charge in [0.25, 0.3) is 11.5 Å². The maximum Gasteiger partial charge on any atom is 0.278 e. The number of methoxy groups -OCH3 is 1. The molecule has 0 saturated carbocycles. The third kappa shape index (κ3) is 4.89. The molecule has 0 saturated heterocycles. The van der Waals surface area contributed by atoms with Crippen LogP contribution in [0.4, 0.5) is 0 Å². The molecule has 0 fully saturated rings. The summed E-state index contributed by atoms with van der Waals surface area (Å²) in [5.41, 5.74) is 7.05. The standard InChI is InChI=1S/C21H20ClN5O4/c1-27-21(30)17(16(31-2)11-25-27)13-7-5-12(6-8-13)10-15(19(23)28)26-20(29)14-4-3-9-24-18(14)22/h3-9,11,15H,10H2,1-2H3,(H2,23,28)(H,26,29)/t15-/m0/s1. The van der Waals surface area contributed by atoms with E-state index in [0.29, 0.717) is 16.9 Å². The number of hydrogen-bond acceptors (Lipinski definition) is 6. The number of carbonyl (C=O) groups is 2. The van der Waals surface area contributed by atoms with Crippen molar-refractivity contribution in [1.29, 1.82) is 0 Å². The molecular weight excluding hydrogens is 422 g/mol. The lowest BCUT2D eigenvalue weighted by Gasteiger charge is -2.16. The zero-order valence-electron chi connectivity index (χ0n) is 16.8. The second-order valence-corrected chi connectivity index (χ2v) is 7.05. The molecule has 0 aliphatic heterocycles. The number of hydrogen-bond donors (Lipinski definition) is 2. The Kier molecular flexibility index (Phi) is 6.66. The highest BCUT2D eigenvalue weighted by molar-refractivity contribution is 6.32. The Labute approximate surface area is 182 Å². The highest BCUT2D eigenvalue weighted by Gasteiger charge is 2.21. The Morgan fingerprint density at radius 2 is 1.97 bits per heavy atom.